The lowest BCUT2D eigenvalue weighted by molar-refractivity contribution is -0.191. The van der Waals surface area contributed by atoms with Crippen molar-refractivity contribution in [2.75, 3.05) is 38.3 Å². The molecule has 3 aromatic rings. The fourth-order valence-corrected chi connectivity index (χ4v) is 9.32. The molecule has 0 spiro atoms. The number of hydrogen-bond donors (Lipinski definition) is 5. The number of rotatable bonds is 10. The van der Waals surface area contributed by atoms with Crippen LogP contribution in [0.15, 0.2) is 42.4 Å². The van der Waals surface area contributed by atoms with Crippen molar-refractivity contribution in [1.82, 2.24) is 34.0 Å². The molecule has 0 aliphatic carbocycles. The van der Waals surface area contributed by atoms with E-state index in [2.05, 4.69) is 26.5 Å². The van der Waals surface area contributed by atoms with E-state index in [0.29, 0.717) is 6.42 Å². The molecule has 312 valence electrons. The van der Waals surface area contributed by atoms with Crippen LogP contribution in [0.1, 0.15) is 45.6 Å². The standard InChI is InChI=1S/C31H43N9O15P2/c1-5-6-7-21(41)38(4)16-11-49-31(2,3)55-56(45,19-10-22(39-9-8-20(32)37-30(39)44)52-17(19)12-51-57(46,47)48)50-13-18-25(54-29(16)43)24(42)28(53-18)40-15-36-23-26(33)34-14-35-27(23)40/h5,8-9,14-19,22,24-25,28,42H,1,6-7,10-13H2,2-4H3,(H2,32,37,44)(H2,33,34,35)(H2,46,47,48)/t16-,17+,18+,19-,22+,24+,25+,28+,56?/m0/s1. The first-order chi connectivity index (χ1) is 26.8. The third-order valence-corrected chi connectivity index (χ3v) is 12.5. The zero-order chi connectivity index (χ0) is 41.4. The summed E-state index contributed by atoms with van der Waals surface area (Å²) < 4.78 is 70.5. The molecule has 3 aromatic heterocycles. The summed E-state index contributed by atoms with van der Waals surface area (Å²) in [6.45, 7) is 4.19. The summed E-state index contributed by atoms with van der Waals surface area (Å²) in [5, 5.41) is 11.7. The molecule has 6 heterocycles. The van der Waals surface area contributed by atoms with E-state index >= 15 is 4.57 Å². The second-order valence-electron chi connectivity index (χ2n) is 13.8. The molecule has 3 saturated heterocycles. The van der Waals surface area contributed by atoms with Crippen LogP contribution in [0.4, 0.5) is 11.6 Å². The van der Waals surface area contributed by atoms with Gasteiger partial charge < -0.3 is 54.7 Å². The second kappa shape index (κ2) is 16.6. The average Bonchev–Trinajstić information content (AvgIpc) is 3.84. The van der Waals surface area contributed by atoms with Gasteiger partial charge in [-0.2, -0.15) is 4.98 Å². The van der Waals surface area contributed by atoms with Crippen LogP contribution in [0.25, 0.3) is 11.2 Å². The third-order valence-electron chi connectivity index (χ3n) is 9.45. The van der Waals surface area contributed by atoms with Crippen LogP contribution in [0.3, 0.4) is 0 Å². The van der Waals surface area contributed by atoms with E-state index in [1.807, 2.05) is 0 Å². The van der Waals surface area contributed by atoms with Gasteiger partial charge >= 0.3 is 27.1 Å². The number of phosphoric acid groups is 1. The van der Waals surface area contributed by atoms with Crippen molar-refractivity contribution in [1.29, 1.82) is 0 Å². The Labute approximate surface area is 323 Å². The number of hydrogen-bond acceptors (Lipinski definition) is 19. The summed E-state index contributed by atoms with van der Waals surface area (Å²) in [6, 6.07) is -0.131. The average molecular weight is 844 g/mol. The predicted molar refractivity (Wildman–Crippen MR) is 193 cm³/mol. The number of nitrogen functional groups attached to an aromatic ring is 2. The fourth-order valence-electron chi connectivity index (χ4n) is 6.58. The molecule has 0 saturated carbocycles. The van der Waals surface area contributed by atoms with Gasteiger partial charge in [0.2, 0.25) is 5.91 Å². The molecule has 3 fully saturated rings. The zero-order valence-electron chi connectivity index (χ0n) is 30.9. The summed E-state index contributed by atoms with van der Waals surface area (Å²) >= 11 is 0. The van der Waals surface area contributed by atoms with Crippen LogP contribution in [-0.2, 0) is 51.2 Å². The molecule has 7 N–H and O–H groups in total. The number of phosphoric ester groups is 1. The van der Waals surface area contributed by atoms with Crippen LogP contribution in [0, 0.1) is 0 Å². The number of allylic oxidation sites excluding steroid dienone is 1. The molecule has 0 aromatic carbocycles. The Hall–Kier alpha value is -4.19. The molecule has 26 heteroatoms. The molecule has 3 aliphatic heterocycles. The van der Waals surface area contributed by atoms with Crippen LogP contribution < -0.4 is 17.2 Å². The highest BCUT2D eigenvalue weighted by molar-refractivity contribution is 7.54. The number of aliphatic hydroxyl groups excluding tert-OH is 1. The predicted octanol–water partition coefficient (Wildman–Crippen LogP) is -0.0311. The smallest absolute Gasteiger partial charge is 0.455 e. The minimum absolute atomic E-state index is 0.0151. The third kappa shape index (κ3) is 9.26. The van der Waals surface area contributed by atoms with E-state index in [1.165, 1.54) is 56.5 Å². The lowest BCUT2D eigenvalue weighted by Crippen LogP contribution is -2.51. The minimum Gasteiger partial charge on any atom is -0.455 e. The number of fused-ring (bicyclic) bond motifs is 2. The molecular weight excluding hydrogens is 800 g/mol. The van der Waals surface area contributed by atoms with E-state index in [0.717, 1.165) is 9.47 Å². The summed E-state index contributed by atoms with van der Waals surface area (Å²) in [4.78, 5) is 76.1. The number of anilines is 2. The molecule has 57 heavy (non-hydrogen) atoms. The van der Waals surface area contributed by atoms with E-state index in [9.17, 15) is 33.8 Å². The van der Waals surface area contributed by atoms with E-state index in [-0.39, 0.29) is 35.6 Å². The number of amides is 1. The van der Waals surface area contributed by atoms with E-state index in [1.54, 1.807) is 0 Å². The zero-order valence-corrected chi connectivity index (χ0v) is 32.7. The molecule has 24 nitrogen and oxygen atoms in total. The maximum absolute atomic E-state index is 15.3. The number of nitrogens with two attached hydrogens (primary N) is 2. The number of esters is 1. The van der Waals surface area contributed by atoms with Crippen LogP contribution in [0.5, 0.6) is 0 Å². The van der Waals surface area contributed by atoms with Crippen molar-refractivity contribution in [2.45, 2.75) is 87.5 Å². The van der Waals surface area contributed by atoms with Gasteiger partial charge in [-0.05, 0) is 26.3 Å². The lowest BCUT2D eigenvalue weighted by atomic mass is 10.1. The Morgan fingerprint density at radius 1 is 1.19 bits per heavy atom. The van der Waals surface area contributed by atoms with Crippen molar-refractivity contribution >= 4 is 50.1 Å². The summed E-state index contributed by atoms with van der Waals surface area (Å²) in [6.07, 6.45) is -3.48. The molecule has 0 radical (unpaired) electrons. The summed E-state index contributed by atoms with van der Waals surface area (Å²) in [7, 11) is -8.50. The molecule has 6 rings (SSSR count). The Morgan fingerprint density at radius 2 is 1.95 bits per heavy atom. The number of imidazole rings is 1. The van der Waals surface area contributed by atoms with Gasteiger partial charge in [0.1, 0.15) is 36.1 Å². The van der Waals surface area contributed by atoms with Crippen LogP contribution in [0.2, 0.25) is 0 Å². The summed E-state index contributed by atoms with van der Waals surface area (Å²) in [5.74, 6) is -3.41. The van der Waals surface area contributed by atoms with Crippen molar-refractivity contribution in [3.63, 3.8) is 0 Å². The van der Waals surface area contributed by atoms with Gasteiger partial charge in [-0.1, -0.05) is 6.08 Å². The first kappa shape index (κ1) is 42.4. The van der Waals surface area contributed by atoms with Crippen molar-refractivity contribution < 1.29 is 66.1 Å². The Morgan fingerprint density at radius 3 is 2.65 bits per heavy atom. The molecule has 1 unspecified atom stereocenters. The van der Waals surface area contributed by atoms with E-state index < -0.39 is 107 Å². The van der Waals surface area contributed by atoms with Gasteiger partial charge in [-0.15, -0.1) is 6.58 Å². The van der Waals surface area contributed by atoms with Gasteiger partial charge in [0, 0.05) is 26.1 Å². The first-order valence-electron chi connectivity index (χ1n) is 17.4. The van der Waals surface area contributed by atoms with Crippen molar-refractivity contribution in [3.05, 3.63) is 48.1 Å². The van der Waals surface area contributed by atoms with Gasteiger partial charge in [0.25, 0.3) is 0 Å². The number of nitrogens with zero attached hydrogens (tertiary/aromatic N) is 7. The maximum Gasteiger partial charge on any atom is 0.469 e. The van der Waals surface area contributed by atoms with Crippen LogP contribution in [-0.4, -0.2) is 130 Å². The number of aromatic nitrogens is 6. The topological polar surface area (TPSA) is 327 Å². The van der Waals surface area contributed by atoms with Gasteiger partial charge in [-0.25, -0.2) is 29.1 Å². The highest BCUT2D eigenvalue weighted by Gasteiger charge is 2.55. The highest BCUT2D eigenvalue weighted by atomic mass is 31.2. The number of likely N-dealkylation sites (N-methyl/N-ethyl adjacent to an activating group) is 1. The van der Waals surface area contributed by atoms with Gasteiger partial charge in [0.15, 0.2) is 35.6 Å². The second-order valence-corrected chi connectivity index (χ2v) is 17.2. The summed E-state index contributed by atoms with van der Waals surface area (Å²) in [5.41, 5.74) is 9.68. The minimum atomic E-state index is -5.12. The Balaban J connectivity index is 1.40. The van der Waals surface area contributed by atoms with Crippen molar-refractivity contribution in [2.24, 2.45) is 0 Å². The number of aliphatic hydroxyl groups is 1. The fraction of sp³-hybridized carbons (Fsp3) is 0.581. The highest BCUT2D eigenvalue weighted by Crippen LogP contribution is 2.62. The Kier molecular flexibility index (Phi) is 12.3. The van der Waals surface area contributed by atoms with Gasteiger partial charge in [-0.3, -0.25) is 27.5 Å². The molecular formula is C31H43N9O15P2. The SMILES string of the molecule is C=CCCC(=O)N(C)[C@H]1COC(C)(C)OP(=O)([C@H]2C[C@H](n3ccc(N)nc3=O)O[C@@H]2COP(=O)(O)O)OC[C@H]2O[C@@H](n3cnc4c(N)ncnc43)[C@H](O)[C@@H]2OC1=O. The van der Waals surface area contributed by atoms with Crippen LogP contribution >= 0.6 is 15.4 Å². The lowest BCUT2D eigenvalue weighted by Gasteiger charge is -2.37. The molecule has 3 aliphatic rings. The Bertz CT molecular complexity index is 2150. The largest absolute Gasteiger partial charge is 0.469 e. The molecule has 9 atom stereocenters. The normalized spacial score (nSPS) is 30.9. The quantitative estimate of drug-likeness (QED) is 0.102. The van der Waals surface area contributed by atoms with Gasteiger partial charge in [0.05, 0.1) is 37.9 Å². The molecule has 1 amide bonds. The number of carbonyl (C=O) groups excluding carboxylic acids is 2. The monoisotopic (exact) mass is 843 g/mol. The van der Waals surface area contributed by atoms with E-state index in [4.69, 9.17) is 44.0 Å². The number of ether oxygens (including phenoxy) is 4. The first-order valence-corrected chi connectivity index (χ1v) is 20.6. The number of carbonyl (C=O) groups is 2. The van der Waals surface area contributed by atoms with Crippen molar-refractivity contribution in [3.8, 4) is 0 Å². The molecule has 0 bridgehead atoms. The maximum atomic E-state index is 15.3.